The van der Waals surface area contributed by atoms with Crippen molar-refractivity contribution in [3.8, 4) is 0 Å². The van der Waals surface area contributed by atoms with Gasteiger partial charge in [0.05, 0.1) is 0 Å². The molecule has 2 aromatic heterocycles. The number of nitrogens with zero attached hydrogens (tertiary/aromatic N) is 3. The van der Waals surface area contributed by atoms with Crippen molar-refractivity contribution in [3.05, 3.63) is 24.0 Å². The predicted molar refractivity (Wildman–Crippen MR) is 69.0 cm³/mol. The van der Waals surface area contributed by atoms with Gasteiger partial charge in [0.1, 0.15) is 12.1 Å². The van der Waals surface area contributed by atoms with Crippen molar-refractivity contribution in [3.63, 3.8) is 0 Å². The minimum absolute atomic E-state index is 0.0661. The van der Waals surface area contributed by atoms with Gasteiger partial charge in [0.15, 0.2) is 5.65 Å². The zero-order valence-corrected chi connectivity index (χ0v) is 10.6. The maximum Gasteiger partial charge on any atom is 0.157 e. The number of hydrogen-bond acceptors (Lipinski definition) is 4. The molecule has 0 aliphatic carbocycles. The van der Waals surface area contributed by atoms with E-state index in [0.717, 1.165) is 18.0 Å². The Morgan fingerprint density at radius 1 is 1.41 bits per heavy atom. The lowest BCUT2D eigenvalue weighted by molar-refractivity contribution is 0.405. The molecule has 2 aromatic rings. The van der Waals surface area contributed by atoms with Crippen molar-refractivity contribution in [2.24, 2.45) is 11.1 Å². The zero-order chi connectivity index (χ0) is 12.5. The van der Waals surface area contributed by atoms with E-state index < -0.39 is 0 Å². The van der Waals surface area contributed by atoms with Crippen LogP contribution in [0, 0.1) is 12.3 Å². The van der Waals surface area contributed by atoms with Gasteiger partial charge in [0.2, 0.25) is 0 Å². The molecule has 2 rings (SSSR count). The van der Waals surface area contributed by atoms with Gasteiger partial charge >= 0.3 is 0 Å². The second-order valence-electron chi connectivity index (χ2n) is 5.17. The quantitative estimate of drug-likeness (QED) is 0.838. The number of rotatable bonds is 4. The Morgan fingerprint density at radius 2 is 2.18 bits per heavy atom. The Balaban J connectivity index is 2.26. The molecule has 0 saturated carbocycles. The number of aromatic nitrogens is 3. The third-order valence-electron chi connectivity index (χ3n) is 2.82. The monoisotopic (exact) mass is 233 g/mol. The van der Waals surface area contributed by atoms with Crippen LogP contribution in [0.1, 0.15) is 19.4 Å². The summed E-state index contributed by atoms with van der Waals surface area (Å²) in [5.41, 5.74) is 7.81. The number of pyridine rings is 1. The van der Waals surface area contributed by atoms with Crippen molar-refractivity contribution >= 4 is 11.5 Å². The van der Waals surface area contributed by atoms with Gasteiger partial charge in [-0.2, -0.15) is 9.61 Å². The fourth-order valence-corrected chi connectivity index (χ4v) is 1.58. The highest BCUT2D eigenvalue weighted by molar-refractivity contribution is 5.51. The molecule has 0 aliphatic heterocycles. The van der Waals surface area contributed by atoms with E-state index in [1.165, 1.54) is 5.56 Å². The number of nitrogens with two attached hydrogens (primary N) is 1. The SMILES string of the molecule is Cc1cc(NCC(C)(C)CN)n2ncnc2c1. The van der Waals surface area contributed by atoms with Crippen LogP contribution in [-0.2, 0) is 0 Å². The average Bonchev–Trinajstić information content (AvgIpc) is 2.73. The minimum atomic E-state index is 0.0661. The Kier molecular flexibility index (Phi) is 3.02. The first kappa shape index (κ1) is 11.9. The molecule has 5 nitrogen and oxygen atoms in total. The second-order valence-corrected chi connectivity index (χ2v) is 5.17. The molecule has 3 N–H and O–H groups in total. The van der Waals surface area contributed by atoms with Crippen molar-refractivity contribution < 1.29 is 0 Å². The molecule has 0 unspecified atom stereocenters. The molecule has 92 valence electrons. The van der Waals surface area contributed by atoms with Crippen LogP contribution in [-0.4, -0.2) is 27.7 Å². The van der Waals surface area contributed by atoms with Gasteiger partial charge in [-0.25, -0.2) is 4.98 Å². The fourth-order valence-electron chi connectivity index (χ4n) is 1.58. The average molecular weight is 233 g/mol. The van der Waals surface area contributed by atoms with E-state index in [1.54, 1.807) is 10.8 Å². The van der Waals surface area contributed by atoms with Crippen LogP contribution in [0.5, 0.6) is 0 Å². The summed E-state index contributed by atoms with van der Waals surface area (Å²) in [5, 5.41) is 7.58. The summed E-state index contributed by atoms with van der Waals surface area (Å²) in [6.07, 6.45) is 1.56. The minimum Gasteiger partial charge on any atom is -0.369 e. The third-order valence-corrected chi connectivity index (χ3v) is 2.82. The van der Waals surface area contributed by atoms with Gasteiger partial charge in [-0.1, -0.05) is 13.8 Å². The fraction of sp³-hybridized carbons (Fsp3) is 0.500. The third kappa shape index (κ3) is 2.55. The summed E-state index contributed by atoms with van der Waals surface area (Å²) in [5.74, 6) is 0.957. The predicted octanol–water partition coefficient (Wildman–Crippen LogP) is 1.43. The van der Waals surface area contributed by atoms with E-state index in [2.05, 4.69) is 35.3 Å². The molecule has 0 radical (unpaired) electrons. The lowest BCUT2D eigenvalue weighted by Crippen LogP contribution is -2.31. The van der Waals surface area contributed by atoms with Crippen LogP contribution in [0.25, 0.3) is 5.65 Å². The summed E-state index contributed by atoms with van der Waals surface area (Å²) < 4.78 is 1.81. The first-order valence-electron chi connectivity index (χ1n) is 5.76. The van der Waals surface area contributed by atoms with E-state index in [-0.39, 0.29) is 5.41 Å². The van der Waals surface area contributed by atoms with Gasteiger partial charge in [-0.05, 0) is 36.6 Å². The van der Waals surface area contributed by atoms with Crippen molar-refractivity contribution in [1.82, 2.24) is 14.6 Å². The molecule has 2 heterocycles. The van der Waals surface area contributed by atoms with Gasteiger partial charge in [-0.3, -0.25) is 0 Å². The molecule has 0 bridgehead atoms. The zero-order valence-electron chi connectivity index (χ0n) is 10.6. The first-order chi connectivity index (χ1) is 8.02. The molecule has 0 atom stereocenters. The molecule has 0 aromatic carbocycles. The molecule has 17 heavy (non-hydrogen) atoms. The Morgan fingerprint density at radius 3 is 2.88 bits per heavy atom. The Labute approximate surface area is 101 Å². The van der Waals surface area contributed by atoms with Crippen molar-refractivity contribution in [2.75, 3.05) is 18.4 Å². The molecule has 0 amide bonds. The molecule has 0 aliphatic rings. The molecule has 0 spiro atoms. The number of fused-ring (bicyclic) bond motifs is 1. The van der Waals surface area contributed by atoms with Crippen molar-refractivity contribution in [2.45, 2.75) is 20.8 Å². The first-order valence-corrected chi connectivity index (χ1v) is 5.76. The van der Waals surface area contributed by atoms with Crippen LogP contribution in [0.2, 0.25) is 0 Å². The van der Waals surface area contributed by atoms with Crippen LogP contribution < -0.4 is 11.1 Å². The van der Waals surface area contributed by atoms with E-state index in [9.17, 15) is 0 Å². The maximum atomic E-state index is 5.72. The van der Waals surface area contributed by atoms with Crippen LogP contribution in [0.3, 0.4) is 0 Å². The molecule has 0 fully saturated rings. The van der Waals surface area contributed by atoms with Crippen molar-refractivity contribution in [1.29, 1.82) is 0 Å². The molecular weight excluding hydrogens is 214 g/mol. The highest BCUT2D eigenvalue weighted by Crippen LogP contribution is 2.17. The normalized spacial score (nSPS) is 12.0. The number of nitrogens with one attached hydrogen (secondary N) is 1. The summed E-state index contributed by atoms with van der Waals surface area (Å²) in [7, 11) is 0. The molecule has 5 heteroatoms. The van der Waals surface area contributed by atoms with E-state index in [1.807, 2.05) is 13.0 Å². The van der Waals surface area contributed by atoms with Gasteiger partial charge in [-0.15, -0.1) is 0 Å². The topological polar surface area (TPSA) is 68.2 Å². The molecule has 0 saturated heterocycles. The second kappa shape index (κ2) is 4.33. The number of hydrogen-bond donors (Lipinski definition) is 2. The van der Waals surface area contributed by atoms with Gasteiger partial charge in [0.25, 0.3) is 0 Å². The van der Waals surface area contributed by atoms with E-state index >= 15 is 0 Å². The summed E-state index contributed by atoms with van der Waals surface area (Å²) >= 11 is 0. The van der Waals surface area contributed by atoms with Crippen LogP contribution >= 0.6 is 0 Å². The summed E-state index contributed by atoms with van der Waals surface area (Å²) in [6, 6.07) is 4.07. The van der Waals surface area contributed by atoms with Crippen LogP contribution in [0.4, 0.5) is 5.82 Å². The van der Waals surface area contributed by atoms with E-state index in [0.29, 0.717) is 6.54 Å². The largest absolute Gasteiger partial charge is 0.369 e. The summed E-state index contributed by atoms with van der Waals surface area (Å²) in [4.78, 5) is 4.19. The summed E-state index contributed by atoms with van der Waals surface area (Å²) in [6.45, 7) is 7.77. The Hall–Kier alpha value is -1.62. The lowest BCUT2D eigenvalue weighted by Gasteiger charge is -2.23. The molecular formula is C12H19N5. The van der Waals surface area contributed by atoms with Gasteiger partial charge < -0.3 is 11.1 Å². The Bertz CT molecular complexity index is 515. The smallest absolute Gasteiger partial charge is 0.157 e. The lowest BCUT2D eigenvalue weighted by atomic mass is 9.94. The highest BCUT2D eigenvalue weighted by atomic mass is 15.3. The van der Waals surface area contributed by atoms with Crippen LogP contribution in [0.15, 0.2) is 18.5 Å². The maximum absolute atomic E-state index is 5.72. The highest BCUT2D eigenvalue weighted by Gasteiger charge is 2.15. The standard InChI is InChI=1S/C12H19N5/c1-9-4-10(14-7-12(2,3)6-13)17-11(5-9)15-8-16-17/h4-5,8,14H,6-7,13H2,1-3H3. The number of anilines is 1. The number of aryl methyl sites for hydroxylation is 1. The van der Waals surface area contributed by atoms with E-state index in [4.69, 9.17) is 5.73 Å². The van der Waals surface area contributed by atoms with Gasteiger partial charge in [0, 0.05) is 6.54 Å².